The molecule has 174 valence electrons. The smallest absolute Gasteiger partial charge is 0.257 e. The van der Waals surface area contributed by atoms with E-state index in [-0.39, 0.29) is 5.91 Å². The highest BCUT2D eigenvalue weighted by Gasteiger charge is 2.26. The van der Waals surface area contributed by atoms with Gasteiger partial charge in [0.25, 0.3) is 5.91 Å². The molecular formula is C26H25ClN4O2S. The van der Waals surface area contributed by atoms with Gasteiger partial charge in [-0.2, -0.15) is 4.98 Å². The fourth-order valence-corrected chi connectivity index (χ4v) is 5.77. The van der Waals surface area contributed by atoms with Crippen LogP contribution in [-0.2, 0) is 6.42 Å². The molecule has 1 aliphatic carbocycles. The molecular weight excluding hydrogens is 468 g/mol. The van der Waals surface area contributed by atoms with Crippen molar-refractivity contribution in [3.63, 3.8) is 0 Å². The number of halogens is 1. The summed E-state index contributed by atoms with van der Waals surface area (Å²) >= 11 is 7.89. The normalized spacial score (nSPS) is 18.1. The minimum absolute atomic E-state index is 0.219. The molecule has 1 amide bonds. The molecule has 1 saturated carbocycles. The molecule has 8 heteroatoms. The van der Waals surface area contributed by atoms with Crippen LogP contribution in [0, 0.1) is 12.8 Å². The molecule has 0 spiro atoms. The minimum Gasteiger partial charge on any atom is -0.339 e. The highest BCUT2D eigenvalue weighted by Crippen LogP contribution is 2.40. The van der Waals surface area contributed by atoms with E-state index >= 15 is 0 Å². The molecule has 2 aromatic heterocycles. The summed E-state index contributed by atoms with van der Waals surface area (Å²) in [7, 11) is 0. The van der Waals surface area contributed by atoms with Crippen LogP contribution in [0.15, 0.2) is 59.3 Å². The molecule has 0 bridgehead atoms. The van der Waals surface area contributed by atoms with E-state index < -0.39 is 0 Å². The zero-order valence-electron chi connectivity index (χ0n) is 18.8. The van der Waals surface area contributed by atoms with Crippen molar-refractivity contribution in [1.82, 2.24) is 15.1 Å². The van der Waals surface area contributed by atoms with Crippen LogP contribution in [0.5, 0.6) is 0 Å². The van der Waals surface area contributed by atoms with E-state index in [2.05, 4.69) is 15.5 Å². The summed E-state index contributed by atoms with van der Waals surface area (Å²) in [5.41, 5.74) is 2.29. The largest absolute Gasteiger partial charge is 0.339 e. The molecule has 0 radical (unpaired) electrons. The van der Waals surface area contributed by atoms with Gasteiger partial charge in [0.2, 0.25) is 5.89 Å². The van der Waals surface area contributed by atoms with Crippen molar-refractivity contribution in [3.8, 4) is 10.4 Å². The van der Waals surface area contributed by atoms with E-state index in [0.29, 0.717) is 28.2 Å². The van der Waals surface area contributed by atoms with Gasteiger partial charge < -0.3 is 9.84 Å². The monoisotopic (exact) mass is 492 g/mol. The number of hydrogen-bond acceptors (Lipinski definition) is 6. The number of amides is 1. The van der Waals surface area contributed by atoms with E-state index in [1.807, 2.05) is 37.4 Å². The van der Waals surface area contributed by atoms with E-state index in [1.54, 1.807) is 35.6 Å². The number of aromatic nitrogens is 3. The van der Waals surface area contributed by atoms with Gasteiger partial charge in [-0.15, -0.1) is 11.3 Å². The Bertz CT molecular complexity index is 1280. The van der Waals surface area contributed by atoms with Gasteiger partial charge in [-0.3, -0.25) is 4.79 Å². The van der Waals surface area contributed by atoms with Crippen molar-refractivity contribution in [2.24, 2.45) is 5.92 Å². The van der Waals surface area contributed by atoms with Gasteiger partial charge in [0.1, 0.15) is 0 Å². The lowest BCUT2D eigenvalue weighted by molar-refractivity contribution is 0.102. The maximum Gasteiger partial charge on any atom is 0.257 e. The van der Waals surface area contributed by atoms with Crippen LogP contribution >= 0.6 is 22.9 Å². The highest BCUT2D eigenvalue weighted by atomic mass is 35.5. The number of anilines is 1. The molecule has 2 heterocycles. The summed E-state index contributed by atoms with van der Waals surface area (Å²) in [4.78, 5) is 22.7. The standard InChI is InChI=1S/C26H25ClN4O2S/c1-16-29-24(33-31-16)14-17-6-8-19(9-7-17)26-28-15-23(34-26)18-10-12-20(13-11-18)30-25(32)21-4-2-3-5-22(21)27/h2-5,10-13,15,17,19H,6-9,14H2,1H3,(H,30,32). The molecule has 34 heavy (non-hydrogen) atoms. The van der Waals surface area contributed by atoms with Crippen molar-refractivity contribution in [3.05, 3.63) is 82.0 Å². The fourth-order valence-electron chi connectivity index (χ4n) is 4.45. The molecule has 0 unspecified atom stereocenters. The number of carbonyl (C=O) groups is 1. The third-order valence-electron chi connectivity index (χ3n) is 6.30. The molecule has 1 aliphatic rings. The van der Waals surface area contributed by atoms with Crippen molar-refractivity contribution in [2.45, 2.75) is 44.9 Å². The predicted molar refractivity (Wildman–Crippen MR) is 134 cm³/mol. The lowest BCUT2D eigenvalue weighted by atomic mass is 9.81. The Hall–Kier alpha value is -3.03. The lowest BCUT2D eigenvalue weighted by Gasteiger charge is -2.26. The van der Waals surface area contributed by atoms with Crippen LogP contribution in [-0.4, -0.2) is 21.0 Å². The van der Waals surface area contributed by atoms with Gasteiger partial charge in [0, 0.05) is 24.2 Å². The average Bonchev–Trinajstić information content (AvgIpc) is 3.50. The van der Waals surface area contributed by atoms with E-state index in [4.69, 9.17) is 21.1 Å². The second kappa shape index (κ2) is 10.1. The molecule has 0 atom stereocenters. The first-order valence-corrected chi connectivity index (χ1v) is 12.7. The lowest BCUT2D eigenvalue weighted by Crippen LogP contribution is -2.15. The molecule has 1 fully saturated rings. The van der Waals surface area contributed by atoms with Crippen molar-refractivity contribution < 1.29 is 9.32 Å². The van der Waals surface area contributed by atoms with Gasteiger partial charge in [-0.05, 0) is 68.4 Å². The van der Waals surface area contributed by atoms with Crippen LogP contribution < -0.4 is 5.32 Å². The number of nitrogens with zero attached hydrogens (tertiary/aromatic N) is 3. The third-order valence-corrected chi connectivity index (χ3v) is 7.84. The van der Waals surface area contributed by atoms with Crippen LogP contribution in [0.3, 0.4) is 0 Å². The quantitative estimate of drug-likeness (QED) is 0.316. The SMILES string of the molecule is Cc1noc(CC2CCC(c3ncc(-c4ccc(NC(=O)c5ccccc5Cl)cc4)s3)CC2)n1. The van der Waals surface area contributed by atoms with E-state index in [9.17, 15) is 4.79 Å². The average molecular weight is 493 g/mol. The Kier molecular flexibility index (Phi) is 6.74. The summed E-state index contributed by atoms with van der Waals surface area (Å²) in [6.07, 6.45) is 7.41. The van der Waals surface area contributed by atoms with Crippen LogP contribution in [0.4, 0.5) is 5.69 Å². The summed E-state index contributed by atoms with van der Waals surface area (Å²) < 4.78 is 5.29. The van der Waals surface area contributed by atoms with E-state index in [1.165, 1.54) is 5.01 Å². The molecule has 2 aromatic carbocycles. The first kappa shape index (κ1) is 22.7. The minimum atomic E-state index is -0.219. The van der Waals surface area contributed by atoms with Crippen molar-refractivity contribution in [1.29, 1.82) is 0 Å². The number of benzene rings is 2. The predicted octanol–water partition coefficient (Wildman–Crippen LogP) is 6.92. The van der Waals surface area contributed by atoms with Gasteiger partial charge in [-0.1, -0.05) is 41.0 Å². The Labute approximate surface area is 207 Å². The number of thiazole rings is 1. The first-order chi connectivity index (χ1) is 16.5. The molecule has 0 saturated heterocycles. The molecule has 6 nitrogen and oxygen atoms in total. The summed E-state index contributed by atoms with van der Waals surface area (Å²) in [6.45, 7) is 1.86. The summed E-state index contributed by atoms with van der Waals surface area (Å²) in [6, 6.07) is 14.9. The van der Waals surface area contributed by atoms with Gasteiger partial charge in [-0.25, -0.2) is 4.98 Å². The third kappa shape index (κ3) is 5.21. The molecule has 1 N–H and O–H groups in total. The Morgan fingerprint density at radius 2 is 1.88 bits per heavy atom. The zero-order valence-corrected chi connectivity index (χ0v) is 20.4. The molecule has 4 aromatic rings. The zero-order chi connectivity index (χ0) is 23.5. The fraction of sp³-hybridized carbons (Fsp3) is 0.308. The summed E-state index contributed by atoms with van der Waals surface area (Å²) in [5.74, 6) is 2.35. The Morgan fingerprint density at radius 3 is 2.59 bits per heavy atom. The first-order valence-electron chi connectivity index (χ1n) is 11.5. The number of hydrogen-bond donors (Lipinski definition) is 1. The maximum atomic E-state index is 12.5. The topological polar surface area (TPSA) is 80.9 Å². The van der Waals surface area contributed by atoms with Gasteiger partial charge in [0.05, 0.1) is 20.5 Å². The number of carbonyl (C=O) groups excluding carboxylic acids is 1. The second-order valence-corrected chi connectivity index (χ2v) is 10.2. The van der Waals surface area contributed by atoms with Crippen LogP contribution in [0.2, 0.25) is 5.02 Å². The Balaban J connectivity index is 1.18. The van der Waals surface area contributed by atoms with Gasteiger partial charge >= 0.3 is 0 Å². The van der Waals surface area contributed by atoms with Crippen LogP contribution in [0.1, 0.15) is 58.7 Å². The number of aryl methyl sites for hydroxylation is 1. The number of rotatable bonds is 6. The van der Waals surface area contributed by atoms with Gasteiger partial charge in [0.15, 0.2) is 5.82 Å². The van der Waals surface area contributed by atoms with Crippen molar-refractivity contribution >= 4 is 34.5 Å². The Morgan fingerprint density at radius 1 is 1.12 bits per heavy atom. The van der Waals surface area contributed by atoms with Crippen molar-refractivity contribution in [2.75, 3.05) is 5.32 Å². The van der Waals surface area contributed by atoms with Crippen LogP contribution in [0.25, 0.3) is 10.4 Å². The molecule has 5 rings (SSSR count). The maximum absolute atomic E-state index is 12.5. The van der Waals surface area contributed by atoms with E-state index in [0.717, 1.165) is 54.1 Å². The number of nitrogens with one attached hydrogen (secondary N) is 1. The molecule has 0 aliphatic heterocycles. The summed E-state index contributed by atoms with van der Waals surface area (Å²) in [5, 5.41) is 8.44. The second-order valence-electron chi connectivity index (χ2n) is 8.73. The highest BCUT2D eigenvalue weighted by molar-refractivity contribution is 7.15.